The first-order valence-electron chi connectivity index (χ1n) is 34.0. The zero-order chi connectivity index (χ0) is 72.7. The zero-order valence-electron chi connectivity index (χ0n) is 62.1. The highest BCUT2D eigenvalue weighted by molar-refractivity contribution is 6.00. The molecule has 1 saturated heterocycles. The number of nitrogens with zero attached hydrogens (tertiary/aromatic N) is 8. The van der Waals surface area contributed by atoms with E-state index < -0.39 is 161 Å². The minimum Gasteiger partial charge on any atom is -0.390 e. The summed E-state index contributed by atoms with van der Waals surface area (Å²) in [7, 11) is 9.87. The molecule has 0 spiro atoms. The molecular formula is C69H124N12O13. The maximum absolute atomic E-state index is 15.3. The summed E-state index contributed by atoms with van der Waals surface area (Å²) < 4.78 is 6.25. The van der Waals surface area contributed by atoms with E-state index in [1.54, 1.807) is 73.6 Å². The highest BCUT2D eigenvalue weighted by Crippen LogP contribution is 2.26. The molecular weight excluding hydrogens is 1200 g/mol. The van der Waals surface area contributed by atoms with E-state index in [1.165, 1.54) is 89.7 Å². The summed E-state index contributed by atoms with van der Waals surface area (Å²) in [6, 6.07) is -14.2. The quantitative estimate of drug-likeness (QED) is 0.102. The Balaban J connectivity index is 4.46. The molecule has 94 heavy (non-hydrogen) atoms. The van der Waals surface area contributed by atoms with Gasteiger partial charge in [-0.15, -0.1) is 0 Å². The van der Waals surface area contributed by atoms with Gasteiger partial charge in [0.05, 0.1) is 18.8 Å². The molecule has 538 valence electrons. The Kier molecular flexibility index (Phi) is 36.6. The van der Waals surface area contributed by atoms with Crippen LogP contribution in [-0.4, -0.2) is 264 Å². The first-order valence-corrected chi connectivity index (χ1v) is 34.0. The number of aliphatic hydroxyl groups excluding tert-OH is 1. The summed E-state index contributed by atoms with van der Waals surface area (Å²) in [5.74, 6) is -10.1. The lowest BCUT2D eigenvalue weighted by Gasteiger charge is -2.41. The van der Waals surface area contributed by atoms with E-state index in [1.807, 2.05) is 61.5 Å². The van der Waals surface area contributed by atoms with Crippen LogP contribution in [0.5, 0.6) is 0 Å². The Labute approximate surface area is 563 Å². The summed E-state index contributed by atoms with van der Waals surface area (Å²) in [5, 5.41) is 23.3. The summed E-state index contributed by atoms with van der Waals surface area (Å²) >= 11 is 0. The van der Waals surface area contributed by atoms with Gasteiger partial charge in [-0.2, -0.15) is 0 Å². The number of likely N-dealkylation sites (N-methyl/N-ethyl adjacent to an activating group) is 8. The molecule has 1 heterocycles. The van der Waals surface area contributed by atoms with Crippen LogP contribution in [0.1, 0.15) is 164 Å². The SMILES string of the molecule is C/C=C/C[C@@H](C)[C@@H](O)[C@H]1C(=O)N[C@@H](CC)C(=O)N(C)[C@H](C)C(=O)N(C)[C@@H]([C@@H](C)OC/C=C/CN(CC)CC)C(=O)N[C@@H](C(C)C)C(=O)N(C)[C@H](CC(C)C)C(=O)N[C@@H](C)C(=O)N[C@@H](C)C(=O)N(C)[C@@H](CC(C)C)C(=O)N(C)[C@H](CC(C)C)C(=O)N(C)[C@@H](C(C)C)C(=O)N1C. The Morgan fingerprint density at radius 3 is 1.40 bits per heavy atom. The molecule has 0 unspecified atom stereocenters. The van der Waals surface area contributed by atoms with Gasteiger partial charge in [0.2, 0.25) is 65.0 Å². The molecule has 11 amide bonds. The Morgan fingerprint density at radius 2 is 0.926 bits per heavy atom. The number of ether oxygens (including phenoxy) is 1. The van der Waals surface area contributed by atoms with Gasteiger partial charge in [-0.25, -0.2) is 0 Å². The van der Waals surface area contributed by atoms with Gasteiger partial charge in [0.25, 0.3) is 0 Å². The molecule has 1 aliphatic rings. The number of carbonyl (C=O) groups excluding carboxylic acids is 11. The van der Waals surface area contributed by atoms with Crippen molar-refractivity contribution in [3.63, 3.8) is 0 Å². The van der Waals surface area contributed by atoms with E-state index >= 15 is 24.0 Å². The minimum absolute atomic E-state index is 0.0128. The van der Waals surface area contributed by atoms with Crippen LogP contribution in [-0.2, 0) is 57.5 Å². The summed E-state index contributed by atoms with van der Waals surface area (Å²) in [6.07, 6.45) is 5.46. The van der Waals surface area contributed by atoms with Crippen molar-refractivity contribution in [2.24, 2.45) is 35.5 Å². The monoisotopic (exact) mass is 1330 g/mol. The van der Waals surface area contributed by atoms with Gasteiger partial charge in [-0.05, 0) is 115 Å². The molecule has 0 bridgehead atoms. The predicted octanol–water partition coefficient (Wildman–Crippen LogP) is 3.91. The number of aliphatic hydroxyl groups is 1. The van der Waals surface area contributed by atoms with E-state index in [4.69, 9.17) is 4.74 Å². The number of amides is 11. The first-order chi connectivity index (χ1) is 43.6. The van der Waals surface area contributed by atoms with Crippen molar-refractivity contribution in [1.29, 1.82) is 0 Å². The van der Waals surface area contributed by atoms with Gasteiger partial charge in [0.1, 0.15) is 66.5 Å². The van der Waals surface area contributed by atoms with Crippen LogP contribution in [0.3, 0.4) is 0 Å². The molecule has 0 radical (unpaired) electrons. The van der Waals surface area contributed by atoms with Gasteiger partial charge in [-0.3, -0.25) is 52.7 Å². The second-order valence-electron chi connectivity index (χ2n) is 27.8. The molecule has 1 fully saturated rings. The van der Waals surface area contributed by atoms with Crippen LogP contribution >= 0.6 is 0 Å². The highest BCUT2D eigenvalue weighted by Gasteiger charge is 2.46. The van der Waals surface area contributed by atoms with Crippen molar-refractivity contribution in [3.05, 3.63) is 24.3 Å². The molecule has 0 aliphatic carbocycles. The molecule has 0 saturated carbocycles. The average Bonchev–Trinajstić information content (AvgIpc) is 0.815. The van der Waals surface area contributed by atoms with Crippen LogP contribution < -0.4 is 21.3 Å². The van der Waals surface area contributed by atoms with Crippen LogP contribution in [0.2, 0.25) is 0 Å². The van der Waals surface area contributed by atoms with Crippen molar-refractivity contribution >= 4 is 65.0 Å². The molecule has 25 nitrogen and oxygen atoms in total. The van der Waals surface area contributed by atoms with Gasteiger partial charge >= 0.3 is 0 Å². The topological polar surface area (TPSA) is 291 Å². The fourth-order valence-corrected chi connectivity index (χ4v) is 11.8. The summed E-state index contributed by atoms with van der Waals surface area (Å²) in [5.41, 5.74) is 0. The van der Waals surface area contributed by atoms with E-state index in [-0.39, 0.29) is 50.0 Å². The largest absolute Gasteiger partial charge is 0.390 e. The van der Waals surface area contributed by atoms with Crippen LogP contribution in [0, 0.1) is 35.5 Å². The van der Waals surface area contributed by atoms with Gasteiger partial charge < -0.3 is 70.3 Å². The number of nitrogens with one attached hydrogen (secondary N) is 4. The van der Waals surface area contributed by atoms with Crippen molar-refractivity contribution in [1.82, 2.24) is 60.5 Å². The van der Waals surface area contributed by atoms with Gasteiger partial charge in [0, 0.05) is 55.9 Å². The normalized spacial score (nSPS) is 26.7. The lowest BCUT2D eigenvalue weighted by molar-refractivity contribution is -0.157. The minimum atomic E-state index is -1.64. The molecule has 14 atom stereocenters. The standard InChI is InChI=1S/C69H124N12O13/c1-27-31-34-45(15)58(82)57-62(86)72-50(28-2)65(89)74(20)48(18)64(88)79(25)56(49(19)94-36-33-32-35-81(29-3)30-4)61(85)73-54(43(11)12)68(92)75(21)51(37-40(5)6)60(84)70-46(16)59(83)71-47(17)63(87)76(22)52(38-41(7)8)66(90)77(23)53(39-42(9)10)67(91)78(24)55(44(13)14)69(93)80(57)26/h27,31-33,40-58,82H,28-30,34-39H2,1-26H3,(H,70,84)(H,71,83)(H,72,86)(H,73,85)/b31-27+,33-32+/t45-,46+,47+,48-,49-,50+,51-,52+,53-,54+,55+,56+,57+,58-/m1/s1. The van der Waals surface area contributed by atoms with Crippen LogP contribution in [0.4, 0.5) is 0 Å². The van der Waals surface area contributed by atoms with Crippen LogP contribution in [0.15, 0.2) is 24.3 Å². The molecule has 0 aromatic carbocycles. The molecule has 5 N–H and O–H groups in total. The smallest absolute Gasteiger partial charge is 0.246 e. The van der Waals surface area contributed by atoms with Gasteiger partial charge in [-0.1, -0.05) is 121 Å². The highest BCUT2D eigenvalue weighted by atomic mass is 16.5. The number of rotatable bonds is 21. The predicted molar refractivity (Wildman–Crippen MR) is 366 cm³/mol. The Hall–Kier alpha value is -6.47. The fraction of sp³-hybridized carbons (Fsp3) is 0.783. The Bertz CT molecular complexity index is 2570. The third-order valence-corrected chi connectivity index (χ3v) is 18.1. The van der Waals surface area contributed by atoms with E-state index in [9.17, 15) is 33.9 Å². The molecule has 0 aromatic rings. The molecule has 1 aliphatic heterocycles. The zero-order valence-corrected chi connectivity index (χ0v) is 62.1. The third kappa shape index (κ3) is 24.0. The average molecular weight is 1330 g/mol. The van der Waals surface area contributed by atoms with Crippen molar-refractivity contribution in [2.75, 3.05) is 75.6 Å². The number of allylic oxidation sites excluding steroid dienone is 2. The Morgan fingerprint density at radius 1 is 0.468 bits per heavy atom. The summed E-state index contributed by atoms with van der Waals surface area (Å²) in [4.78, 5) is 174. The maximum Gasteiger partial charge on any atom is 0.246 e. The molecule has 1 rings (SSSR count). The van der Waals surface area contributed by atoms with E-state index in [0.717, 1.165) is 27.8 Å². The lowest BCUT2D eigenvalue weighted by atomic mass is 9.91. The fourth-order valence-electron chi connectivity index (χ4n) is 11.8. The van der Waals surface area contributed by atoms with Crippen LogP contribution in [0.25, 0.3) is 0 Å². The third-order valence-electron chi connectivity index (χ3n) is 18.1. The lowest BCUT2D eigenvalue weighted by Crippen LogP contribution is -2.64. The maximum atomic E-state index is 15.3. The van der Waals surface area contributed by atoms with E-state index in [0.29, 0.717) is 13.0 Å². The van der Waals surface area contributed by atoms with Crippen molar-refractivity contribution in [2.45, 2.75) is 242 Å². The molecule has 0 aromatic heterocycles. The number of hydrogen-bond acceptors (Lipinski definition) is 14. The second-order valence-corrected chi connectivity index (χ2v) is 27.8. The first kappa shape index (κ1) is 85.5. The van der Waals surface area contributed by atoms with E-state index in [2.05, 4.69) is 26.2 Å². The van der Waals surface area contributed by atoms with Gasteiger partial charge in [0.15, 0.2) is 0 Å². The number of carbonyl (C=O) groups is 11. The second kappa shape index (κ2) is 40.2. The number of hydrogen-bond donors (Lipinski definition) is 5. The van der Waals surface area contributed by atoms with Crippen molar-refractivity contribution < 1.29 is 62.6 Å². The molecule has 25 heteroatoms. The summed E-state index contributed by atoms with van der Waals surface area (Å²) in [6.45, 7) is 35.6. The van der Waals surface area contributed by atoms with Crippen molar-refractivity contribution in [3.8, 4) is 0 Å².